The van der Waals surface area contributed by atoms with Gasteiger partial charge in [-0.2, -0.15) is 0 Å². The van der Waals surface area contributed by atoms with Gasteiger partial charge in [-0.05, 0) is 29.7 Å². The highest BCUT2D eigenvalue weighted by Gasteiger charge is 2.13. The van der Waals surface area contributed by atoms with Gasteiger partial charge < -0.3 is 0 Å². The van der Waals surface area contributed by atoms with Crippen molar-refractivity contribution in [2.45, 2.75) is 0 Å². The number of fused-ring (bicyclic) bond motifs is 1. The summed E-state index contributed by atoms with van der Waals surface area (Å²) >= 11 is 6.37. The van der Waals surface area contributed by atoms with Crippen molar-refractivity contribution in [3.8, 4) is 11.4 Å². The summed E-state index contributed by atoms with van der Waals surface area (Å²) in [5, 5.41) is 10.3. The van der Waals surface area contributed by atoms with Crippen molar-refractivity contribution in [2.75, 3.05) is 0 Å². The molecular weight excluding hydrogens is 382 g/mol. The summed E-state index contributed by atoms with van der Waals surface area (Å²) in [6.45, 7) is 0. The molecule has 3 heterocycles. The van der Waals surface area contributed by atoms with Gasteiger partial charge in [0.2, 0.25) is 4.96 Å². The molecule has 0 aliphatic carbocycles. The van der Waals surface area contributed by atoms with Crippen LogP contribution in [0.3, 0.4) is 0 Å². The molecule has 0 saturated carbocycles. The van der Waals surface area contributed by atoms with Crippen molar-refractivity contribution < 1.29 is 0 Å². The Hall–Kier alpha value is -1.83. The average Bonchev–Trinajstić information content (AvgIpc) is 3.21. The molecule has 1 aromatic carbocycles. The first kappa shape index (κ1) is 13.8. The number of hydrogen-bond acceptors (Lipinski definition) is 5. The number of benzene rings is 1. The molecule has 0 unspecified atom stereocenters. The van der Waals surface area contributed by atoms with Gasteiger partial charge in [0, 0.05) is 14.9 Å². The topological polar surface area (TPSA) is 47.3 Å². The van der Waals surface area contributed by atoms with Crippen molar-refractivity contribution in [1.82, 2.24) is 14.6 Å². The summed E-state index contributed by atoms with van der Waals surface area (Å²) in [5.74, 6) is 0.578. The predicted molar refractivity (Wildman–Crippen MR) is 93.4 cm³/mol. The number of nitrogens with zero attached hydrogens (tertiary/aromatic N) is 3. The Kier molecular flexibility index (Phi) is 3.40. The molecule has 0 atom stereocenters. The molecule has 0 fully saturated rings. The predicted octanol–water partition coefficient (Wildman–Crippen LogP) is 3.19. The van der Waals surface area contributed by atoms with Crippen molar-refractivity contribution in [3.05, 3.63) is 66.0 Å². The minimum absolute atomic E-state index is 0.0729. The second kappa shape index (κ2) is 5.42. The van der Waals surface area contributed by atoms with E-state index in [0.29, 0.717) is 15.3 Å². The standard InChI is InChI=1S/C15H8BrN3OS2/c16-10-5-3-9(4-6-10)13-17-18-15-19(13)14(20)12(22-15)8-11-2-1-7-21-11/h1-8H. The van der Waals surface area contributed by atoms with E-state index in [2.05, 4.69) is 26.1 Å². The van der Waals surface area contributed by atoms with Crippen LogP contribution >= 0.6 is 38.6 Å². The maximum absolute atomic E-state index is 12.6. The lowest BCUT2D eigenvalue weighted by Gasteiger charge is -1.96. The molecule has 4 rings (SSSR count). The molecule has 0 radical (unpaired) electrons. The largest absolute Gasteiger partial charge is 0.276 e. The van der Waals surface area contributed by atoms with Crippen LogP contribution in [-0.4, -0.2) is 14.6 Å². The summed E-state index contributed by atoms with van der Waals surface area (Å²) in [6, 6.07) is 11.6. The van der Waals surface area contributed by atoms with Gasteiger partial charge in [-0.3, -0.25) is 4.79 Å². The smallest absolute Gasteiger partial charge is 0.267 e. The third kappa shape index (κ3) is 2.31. The van der Waals surface area contributed by atoms with Crippen LogP contribution < -0.4 is 10.1 Å². The molecule has 0 amide bonds. The van der Waals surface area contributed by atoms with Crippen LogP contribution in [-0.2, 0) is 0 Å². The minimum Gasteiger partial charge on any atom is -0.267 e. The quantitative estimate of drug-likeness (QED) is 0.528. The van der Waals surface area contributed by atoms with E-state index in [0.717, 1.165) is 14.9 Å². The minimum atomic E-state index is -0.0729. The van der Waals surface area contributed by atoms with Crippen LogP contribution in [0.4, 0.5) is 0 Å². The highest BCUT2D eigenvalue weighted by molar-refractivity contribution is 9.10. The zero-order valence-electron chi connectivity index (χ0n) is 11.1. The van der Waals surface area contributed by atoms with E-state index >= 15 is 0 Å². The first-order valence-corrected chi connectivity index (χ1v) is 8.90. The number of aromatic nitrogens is 3. The molecule has 0 bridgehead atoms. The first-order chi connectivity index (χ1) is 10.7. The fraction of sp³-hybridized carbons (Fsp3) is 0. The third-order valence-corrected chi connectivity index (χ3v) is 5.47. The summed E-state index contributed by atoms with van der Waals surface area (Å²) in [6.07, 6.45) is 1.90. The molecule has 0 spiro atoms. The molecule has 0 saturated heterocycles. The first-order valence-electron chi connectivity index (χ1n) is 6.41. The van der Waals surface area contributed by atoms with Crippen molar-refractivity contribution in [2.24, 2.45) is 0 Å². The number of halogens is 1. The van der Waals surface area contributed by atoms with Crippen LogP contribution in [0.1, 0.15) is 4.88 Å². The van der Waals surface area contributed by atoms with Gasteiger partial charge in [-0.1, -0.05) is 45.5 Å². The number of thiazole rings is 1. The van der Waals surface area contributed by atoms with Gasteiger partial charge in [0.15, 0.2) is 5.82 Å². The lowest BCUT2D eigenvalue weighted by molar-refractivity contribution is 1.09. The maximum atomic E-state index is 12.6. The fourth-order valence-corrected chi connectivity index (χ4v) is 4.05. The van der Waals surface area contributed by atoms with Gasteiger partial charge in [-0.25, -0.2) is 4.40 Å². The summed E-state index contributed by atoms with van der Waals surface area (Å²) < 4.78 is 3.23. The Balaban J connectivity index is 1.94. The van der Waals surface area contributed by atoms with E-state index in [9.17, 15) is 4.79 Å². The summed E-state index contributed by atoms with van der Waals surface area (Å²) in [7, 11) is 0. The molecule has 4 nitrogen and oxygen atoms in total. The average molecular weight is 390 g/mol. The van der Waals surface area contributed by atoms with E-state index in [4.69, 9.17) is 0 Å². The van der Waals surface area contributed by atoms with Crippen LogP contribution in [0, 0.1) is 0 Å². The van der Waals surface area contributed by atoms with E-state index in [-0.39, 0.29) is 5.56 Å². The number of rotatable bonds is 2. The molecule has 3 aromatic heterocycles. The van der Waals surface area contributed by atoms with E-state index in [1.54, 1.807) is 15.7 Å². The van der Waals surface area contributed by atoms with E-state index < -0.39 is 0 Å². The molecule has 108 valence electrons. The lowest BCUT2D eigenvalue weighted by atomic mass is 10.2. The monoisotopic (exact) mass is 389 g/mol. The van der Waals surface area contributed by atoms with Gasteiger partial charge in [0.05, 0.1) is 4.53 Å². The molecule has 0 N–H and O–H groups in total. The van der Waals surface area contributed by atoms with E-state index in [1.165, 1.54) is 11.3 Å². The highest BCUT2D eigenvalue weighted by Crippen LogP contribution is 2.20. The van der Waals surface area contributed by atoms with E-state index in [1.807, 2.05) is 47.9 Å². The second-order valence-electron chi connectivity index (χ2n) is 4.58. The van der Waals surface area contributed by atoms with Crippen molar-refractivity contribution in [3.63, 3.8) is 0 Å². The van der Waals surface area contributed by atoms with Crippen LogP contribution in [0.15, 0.2) is 51.0 Å². The van der Waals surface area contributed by atoms with Crippen LogP contribution in [0.5, 0.6) is 0 Å². The van der Waals surface area contributed by atoms with Crippen molar-refractivity contribution in [1.29, 1.82) is 0 Å². The normalized spacial score (nSPS) is 12.3. The van der Waals surface area contributed by atoms with Gasteiger partial charge in [0.25, 0.3) is 5.56 Å². The van der Waals surface area contributed by atoms with Crippen molar-refractivity contribution >= 4 is 49.6 Å². The second-order valence-corrected chi connectivity index (χ2v) is 7.48. The van der Waals surface area contributed by atoms with Gasteiger partial charge >= 0.3 is 0 Å². The summed E-state index contributed by atoms with van der Waals surface area (Å²) in [4.78, 5) is 14.3. The Bertz CT molecular complexity index is 1050. The highest BCUT2D eigenvalue weighted by atomic mass is 79.9. The molecule has 4 aromatic rings. The fourth-order valence-electron chi connectivity index (χ4n) is 2.15. The molecule has 0 aliphatic rings. The Morgan fingerprint density at radius 1 is 1.14 bits per heavy atom. The Labute approximate surface area is 141 Å². The SMILES string of the molecule is O=c1c(=Cc2cccs2)sc2nnc(-c3ccc(Br)cc3)n12. The third-order valence-electron chi connectivity index (χ3n) is 3.17. The van der Waals surface area contributed by atoms with Gasteiger partial charge in [0.1, 0.15) is 0 Å². The zero-order valence-corrected chi connectivity index (χ0v) is 14.3. The Morgan fingerprint density at radius 3 is 2.68 bits per heavy atom. The Morgan fingerprint density at radius 2 is 1.95 bits per heavy atom. The molecule has 22 heavy (non-hydrogen) atoms. The van der Waals surface area contributed by atoms with Crippen LogP contribution in [0.2, 0.25) is 0 Å². The van der Waals surface area contributed by atoms with Crippen LogP contribution in [0.25, 0.3) is 22.4 Å². The molecule has 0 aliphatic heterocycles. The zero-order chi connectivity index (χ0) is 15.1. The lowest BCUT2D eigenvalue weighted by Crippen LogP contribution is -2.23. The summed E-state index contributed by atoms with van der Waals surface area (Å²) in [5.41, 5.74) is 0.796. The molecular formula is C15H8BrN3OS2. The number of hydrogen-bond donors (Lipinski definition) is 0. The number of thiophene rings is 1. The maximum Gasteiger partial charge on any atom is 0.276 e. The molecule has 7 heteroatoms. The van der Waals surface area contributed by atoms with Gasteiger partial charge in [-0.15, -0.1) is 21.5 Å².